The van der Waals surface area contributed by atoms with E-state index >= 15 is 0 Å². The van der Waals surface area contributed by atoms with Crippen molar-refractivity contribution >= 4 is 0 Å². The van der Waals surface area contributed by atoms with E-state index in [4.69, 9.17) is 5.11 Å². The fraction of sp³-hybridized carbons (Fsp3) is 1.00. The molecule has 2 nitrogen and oxygen atoms in total. The zero-order valence-electron chi connectivity index (χ0n) is 6.64. The van der Waals surface area contributed by atoms with Gasteiger partial charge >= 0.3 is 0 Å². The van der Waals surface area contributed by atoms with E-state index in [9.17, 15) is 0 Å². The first-order valence-corrected chi connectivity index (χ1v) is 4.16. The summed E-state index contributed by atoms with van der Waals surface area (Å²) in [5, 5.41) is 11.7. The summed E-state index contributed by atoms with van der Waals surface area (Å²) in [6.07, 6.45) is 2.77. The fourth-order valence-corrected chi connectivity index (χ4v) is 1.41. The van der Waals surface area contributed by atoms with Crippen LogP contribution in [0.2, 0.25) is 0 Å². The van der Waals surface area contributed by atoms with Crippen molar-refractivity contribution in [2.45, 2.75) is 19.8 Å². The zero-order chi connectivity index (χ0) is 7.40. The van der Waals surface area contributed by atoms with E-state index in [0.29, 0.717) is 0 Å². The summed E-state index contributed by atoms with van der Waals surface area (Å²) in [6.45, 7) is 4.42. The fourth-order valence-electron chi connectivity index (χ4n) is 1.41. The first-order valence-electron chi connectivity index (χ1n) is 4.16. The Morgan fingerprint density at radius 2 is 2.30 bits per heavy atom. The molecule has 1 rings (SSSR count). The third-order valence-electron chi connectivity index (χ3n) is 2.49. The van der Waals surface area contributed by atoms with Crippen molar-refractivity contribution in [3.8, 4) is 0 Å². The summed E-state index contributed by atoms with van der Waals surface area (Å²) < 4.78 is 0. The predicted octanol–water partition coefficient (Wildman–Crippen LogP) is 0.614. The number of aliphatic hydroxyl groups excluding tert-OH is 1. The molecule has 0 heterocycles. The van der Waals surface area contributed by atoms with Gasteiger partial charge in [-0.3, -0.25) is 0 Å². The van der Waals surface area contributed by atoms with Crippen molar-refractivity contribution in [3.63, 3.8) is 0 Å². The van der Waals surface area contributed by atoms with Crippen LogP contribution in [0.15, 0.2) is 0 Å². The first-order chi connectivity index (χ1) is 4.84. The van der Waals surface area contributed by atoms with Gasteiger partial charge in [-0.05, 0) is 24.8 Å². The molecule has 1 aliphatic rings. The van der Waals surface area contributed by atoms with Crippen LogP contribution in [0, 0.1) is 11.8 Å². The number of hydrogen-bond acceptors (Lipinski definition) is 2. The average molecular weight is 143 g/mol. The van der Waals surface area contributed by atoms with Gasteiger partial charge in [0.1, 0.15) is 0 Å². The molecule has 0 unspecified atom stereocenters. The molecule has 1 aliphatic carbocycles. The van der Waals surface area contributed by atoms with Gasteiger partial charge in [0.2, 0.25) is 0 Å². The Morgan fingerprint density at radius 3 is 2.70 bits per heavy atom. The van der Waals surface area contributed by atoms with Crippen molar-refractivity contribution in [1.29, 1.82) is 0 Å². The zero-order valence-corrected chi connectivity index (χ0v) is 6.64. The number of hydrogen-bond donors (Lipinski definition) is 2. The molecule has 0 spiro atoms. The van der Waals surface area contributed by atoms with Gasteiger partial charge < -0.3 is 10.4 Å². The van der Waals surface area contributed by atoms with Crippen LogP contribution >= 0.6 is 0 Å². The third-order valence-corrected chi connectivity index (χ3v) is 2.49. The minimum absolute atomic E-state index is 0.265. The highest BCUT2D eigenvalue weighted by molar-refractivity contribution is 4.78. The lowest BCUT2D eigenvalue weighted by molar-refractivity contribution is 0.186. The molecule has 0 aromatic heterocycles. The Balaban J connectivity index is 1.92. The lowest BCUT2D eigenvalue weighted by Gasteiger charge is -2.33. The summed E-state index contributed by atoms with van der Waals surface area (Å²) in [7, 11) is 0. The third kappa shape index (κ3) is 1.96. The van der Waals surface area contributed by atoms with E-state index < -0.39 is 0 Å². The van der Waals surface area contributed by atoms with Gasteiger partial charge in [-0.25, -0.2) is 0 Å². The second-order valence-electron chi connectivity index (χ2n) is 3.24. The van der Waals surface area contributed by atoms with Crippen LogP contribution in [-0.2, 0) is 0 Å². The van der Waals surface area contributed by atoms with Gasteiger partial charge in [-0.15, -0.1) is 0 Å². The quantitative estimate of drug-likeness (QED) is 0.565. The molecule has 0 bridgehead atoms. The maximum atomic E-state index is 8.47. The van der Waals surface area contributed by atoms with E-state index in [1.165, 1.54) is 12.8 Å². The standard InChI is InChI=1S/C8H17NO/c1-7-2-3-8(7)6-9-4-5-10/h7-10H,2-6H2,1H3/t7-,8-/m1/s1. The Hall–Kier alpha value is -0.0800. The Labute approximate surface area is 62.6 Å². The molecule has 0 radical (unpaired) electrons. The van der Waals surface area contributed by atoms with Crippen LogP contribution < -0.4 is 5.32 Å². The lowest BCUT2D eigenvalue weighted by atomic mass is 9.75. The van der Waals surface area contributed by atoms with Crippen molar-refractivity contribution in [3.05, 3.63) is 0 Å². The first kappa shape index (κ1) is 8.02. The summed E-state index contributed by atoms with van der Waals surface area (Å²) in [5.74, 6) is 1.79. The maximum absolute atomic E-state index is 8.47. The number of aliphatic hydroxyl groups is 1. The molecule has 2 N–H and O–H groups in total. The normalized spacial score (nSPS) is 31.8. The minimum atomic E-state index is 0.265. The summed E-state index contributed by atoms with van der Waals surface area (Å²) in [5.41, 5.74) is 0. The van der Waals surface area contributed by atoms with Crippen LogP contribution in [-0.4, -0.2) is 24.8 Å². The van der Waals surface area contributed by atoms with Crippen molar-refractivity contribution in [1.82, 2.24) is 5.32 Å². The summed E-state index contributed by atoms with van der Waals surface area (Å²) in [6, 6.07) is 0. The van der Waals surface area contributed by atoms with E-state index in [1.807, 2.05) is 0 Å². The second-order valence-corrected chi connectivity index (χ2v) is 3.24. The molecule has 2 atom stereocenters. The smallest absolute Gasteiger partial charge is 0.0555 e. The van der Waals surface area contributed by atoms with Crippen LogP contribution in [0.5, 0.6) is 0 Å². The number of nitrogens with one attached hydrogen (secondary N) is 1. The molecular weight excluding hydrogens is 126 g/mol. The highest BCUT2D eigenvalue weighted by Gasteiger charge is 2.25. The molecule has 60 valence electrons. The topological polar surface area (TPSA) is 32.3 Å². The van der Waals surface area contributed by atoms with E-state index in [1.54, 1.807) is 0 Å². The largest absolute Gasteiger partial charge is 0.395 e. The molecule has 0 amide bonds. The maximum Gasteiger partial charge on any atom is 0.0555 e. The molecular formula is C8H17NO. The van der Waals surface area contributed by atoms with Gasteiger partial charge in [-0.2, -0.15) is 0 Å². The monoisotopic (exact) mass is 143 g/mol. The summed E-state index contributed by atoms with van der Waals surface area (Å²) >= 11 is 0. The van der Waals surface area contributed by atoms with E-state index in [2.05, 4.69) is 12.2 Å². The molecule has 0 saturated heterocycles. The van der Waals surface area contributed by atoms with Gasteiger partial charge in [0.05, 0.1) is 6.61 Å². The Bertz CT molecular complexity index is 95.3. The molecule has 2 heteroatoms. The minimum Gasteiger partial charge on any atom is -0.395 e. The van der Waals surface area contributed by atoms with Crippen molar-refractivity contribution < 1.29 is 5.11 Å². The van der Waals surface area contributed by atoms with Crippen LogP contribution in [0.4, 0.5) is 0 Å². The highest BCUT2D eigenvalue weighted by Crippen LogP contribution is 2.32. The van der Waals surface area contributed by atoms with E-state index in [0.717, 1.165) is 24.9 Å². The van der Waals surface area contributed by atoms with Crippen molar-refractivity contribution in [2.24, 2.45) is 11.8 Å². The molecule has 0 aromatic carbocycles. The van der Waals surface area contributed by atoms with E-state index in [-0.39, 0.29) is 6.61 Å². The molecule has 10 heavy (non-hydrogen) atoms. The van der Waals surface area contributed by atoms with Crippen LogP contribution in [0.3, 0.4) is 0 Å². The summed E-state index contributed by atoms with van der Waals surface area (Å²) in [4.78, 5) is 0. The van der Waals surface area contributed by atoms with Gasteiger partial charge in [-0.1, -0.05) is 13.3 Å². The second kappa shape index (κ2) is 3.94. The Morgan fingerprint density at radius 1 is 1.50 bits per heavy atom. The van der Waals surface area contributed by atoms with Crippen molar-refractivity contribution in [2.75, 3.05) is 19.7 Å². The van der Waals surface area contributed by atoms with Crippen LogP contribution in [0.25, 0.3) is 0 Å². The van der Waals surface area contributed by atoms with Gasteiger partial charge in [0.15, 0.2) is 0 Å². The van der Waals surface area contributed by atoms with Crippen LogP contribution in [0.1, 0.15) is 19.8 Å². The lowest BCUT2D eigenvalue weighted by Crippen LogP contribution is -2.34. The molecule has 1 saturated carbocycles. The molecule has 1 fully saturated rings. The highest BCUT2D eigenvalue weighted by atomic mass is 16.3. The molecule has 0 aromatic rings. The number of rotatable bonds is 4. The molecule has 0 aliphatic heterocycles. The Kier molecular flexibility index (Phi) is 3.16. The van der Waals surface area contributed by atoms with Gasteiger partial charge in [0, 0.05) is 6.54 Å². The average Bonchev–Trinajstić information content (AvgIpc) is 1.95. The SMILES string of the molecule is C[C@@H]1CC[C@@H]1CNCCO. The predicted molar refractivity (Wildman–Crippen MR) is 41.8 cm³/mol. The van der Waals surface area contributed by atoms with Gasteiger partial charge in [0.25, 0.3) is 0 Å².